The second kappa shape index (κ2) is 5.37. The number of ether oxygens (including phenoxy) is 1. The van der Waals surface area contributed by atoms with Crippen molar-refractivity contribution in [3.8, 4) is 0 Å². The first kappa shape index (κ1) is 14.1. The zero-order valence-corrected chi connectivity index (χ0v) is 10.5. The first-order valence-electron chi connectivity index (χ1n) is 6.80. The number of hydrogen-bond donors (Lipinski definition) is 1. The van der Waals surface area contributed by atoms with Gasteiger partial charge in [0.1, 0.15) is 0 Å². The summed E-state index contributed by atoms with van der Waals surface area (Å²) >= 11 is 0. The van der Waals surface area contributed by atoms with Crippen molar-refractivity contribution in [3.63, 3.8) is 0 Å². The van der Waals surface area contributed by atoms with Gasteiger partial charge < -0.3 is 9.84 Å². The Balaban J connectivity index is 1.85. The summed E-state index contributed by atoms with van der Waals surface area (Å²) in [6.45, 7) is 0.744. The summed E-state index contributed by atoms with van der Waals surface area (Å²) in [4.78, 5) is 0. The van der Waals surface area contributed by atoms with Gasteiger partial charge in [0.2, 0.25) is 0 Å². The lowest BCUT2D eigenvalue weighted by atomic mass is 9.75. The first-order valence-corrected chi connectivity index (χ1v) is 6.80. The highest BCUT2D eigenvalue weighted by atomic mass is 19.4. The maximum atomic E-state index is 12.7. The van der Waals surface area contributed by atoms with E-state index in [4.69, 9.17) is 4.74 Å². The molecule has 3 unspecified atom stereocenters. The van der Waals surface area contributed by atoms with Crippen LogP contribution in [0.2, 0.25) is 0 Å². The molecule has 5 heteroatoms. The van der Waals surface area contributed by atoms with Crippen LogP contribution in [0.5, 0.6) is 0 Å². The van der Waals surface area contributed by atoms with Gasteiger partial charge in [0.15, 0.2) is 0 Å². The summed E-state index contributed by atoms with van der Waals surface area (Å²) in [6.07, 6.45) is 0.0599. The van der Waals surface area contributed by atoms with E-state index < -0.39 is 17.7 Å². The van der Waals surface area contributed by atoms with Crippen molar-refractivity contribution < 1.29 is 23.0 Å². The van der Waals surface area contributed by atoms with Gasteiger partial charge in [-0.3, -0.25) is 0 Å². The topological polar surface area (TPSA) is 29.5 Å². The molecule has 2 aliphatic rings. The van der Waals surface area contributed by atoms with Crippen LogP contribution < -0.4 is 0 Å². The van der Waals surface area contributed by atoms with Crippen LogP contribution in [0.15, 0.2) is 0 Å². The molecule has 1 saturated heterocycles. The summed E-state index contributed by atoms with van der Waals surface area (Å²) in [5.41, 5.74) is -1.13. The Morgan fingerprint density at radius 2 is 2.00 bits per heavy atom. The number of aliphatic hydroxyl groups is 1. The van der Waals surface area contributed by atoms with E-state index in [1.165, 1.54) is 0 Å². The molecule has 0 spiro atoms. The second-order valence-corrected chi connectivity index (χ2v) is 5.73. The van der Waals surface area contributed by atoms with Crippen molar-refractivity contribution in [2.75, 3.05) is 6.61 Å². The Hall–Kier alpha value is -0.290. The van der Waals surface area contributed by atoms with E-state index in [9.17, 15) is 18.3 Å². The molecule has 1 aliphatic heterocycles. The summed E-state index contributed by atoms with van der Waals surface area (Å²) in [7, 11) is 0. The molecule has 1 aliphatic carbocycles. The molecule has 0 aromatic rings. The van der Waals surface area contributed by atoms with Gasteiger partial charge >= 0.3 is 6.18 Å². The first-order chi connectivity index (χ1) is 8.39. The van der Waals surface area contributed by atoms with Crippen molar-refractivity contribution in [3.05, 3.63) is 0 Å². The highest BCUT2D eigenvalue weighted by Crippen LogP contribution is 2.43. The van der Waals surface area contributed by atoms with Gasteiger partial charge in [0.05, 0.1) is 17.6 Å². The molecule has 0 aromatic heterocycles. The molecule has 1 N–H and O–H groups in total. The van der Waals surface area contributed by atoms with Crippen LogP contribution in [0.1, 0.15) is 51.4 Å². The monoisotopic (exact) mass is 266 g/mol. The van der Waals surface area contributed by atoms with Gasteiger partial charge in [0, 0.05) is 6.61 Å². The third kappa shape index (κ3) is 3.60. The average molecular weight is 266 g/mol. The minimum atomic E-state index is -4.17. The fraction of sp³-hybridized carbons (Fsp3) is 1.00. The van der Waals surface area contributed by atoms with Crippen LogP contribution >= 0.6 is 0 Å². The zero-order chi connectivity index (χ0) is 13.2. The third-order valence-corrected chi connectivity index (χ3v) is 4.24. The van der Waals surface area contributed by atoms with Crippen molar-refractivity contribution >= 4 is 0 Å². The van der Waals surface area contributed by atoms with Crippen molar-refractivity contribution in [2.24, 2.45) is 5.92 Å². The zero-order valence-electron chi connectivity index (χ0n) is 10.5. The highest BCUT2D eigenvalue weighted by molar-refractivity contribution is 4.89. The molecule has 106 valence electrons. The number of halogens is 3. The van der Waals surface area contributed by atoms with Gasteiger partial charge in [-0.1, -0.05) is 0 Å². The van der Waals surface area contributed by atoms with Crippen LogP contribution in [0.25, 0.3) is 0 Å². The van der Waals surface area contributed by atoms with Crippen molar-refractivity contribution in [2.45, 2.75) is 69.2 Å². The van der Waals surface area contributed by atoms with E-state index in [-0.39, 0.29) is 18.9 Å². The van der Waals surface area contributed by atoms with E-state index in [1.807, 2.05) is 0 Å². The normalized spacial score (nSPS) is 38.0. The lowest BCUT2D eigenvalue weighted by molar-refractivity contribution is -0.201. The van der Waals surface area contributed by atoms with Crippen molar-refractivity contribution in [1.82, 2.24) is 0 Å². The molecule has 0 radical (unpaired) electrons. The Bertz CT molecular complexity index is 274. The summed E-state index contributed by atoms with van der Waals surface area (Å²) < 4.78 is 43.5. The Kier molecular flexibility index (Phi) is 4.22. The maximum absolute atomic E-state index is 12.7. The Morgan fingerprint density at radius 1 is 1.22 bits per heavy atom. The van der Waals surface area contributed by atoms with E-state index in [2.05, 4.69) is 0 Å². The van der Waals surface area contributed by atoms with E-state index in [1.54, 1.807) is 0 Å². The molecule has 0 bridgehead atoms. The fourth-order valence-corrected chi connectivity index (χ4v) is 3.15. The molecule has 3 atom stereocenters. The molecular formula is C13H21F3O2. The summed E-state index contributed by atoms with van der Waals surface area (Å²) in [5.74, 6) is -1.33. The predicted molar refractivity (Wildman–Crippen MR) is 61.2 cm³/mol. The second-order valence-electron chi connectivity index (χ2n) is 5.73. The van der Waals surface area contributed by atoms with Crippen molar-refractivity contribution in [1.29, 1.82) is 0 Å². The van der Waals surface area contributed by atoms with Crippen LogP contribution in [-0.4, -0.2) is 29.6 Å². The number of alkyl halides is 3. The smallest absolute Gasteiger partial charge is 0.390 e. The summed E-state index contributed by atoms with van der Waals surface area (Å²) in [5, 5.41) is 10.3. The molecule has 0 amide bonds. The standard InChI is InChI=1S/C13H21F3O2/c14-13(15,16)10-3-1-6-12(17,9-10)7-5-11-4-2-8-18-11/h10-11,17H,1-9H2. The summed E-state index contributed by atoms with van der Waals surface area (Å²) in [6, 6.07) is 0. The van der Waals surface area contributed by atoms with E-state index in [0.717, 1.165) is 19.4 Å². The van der Waals surface area contributed by atoms with Gasteiger partial charge in [-0.25, -0.2) is 0 Å². The molecule has 1 saturated carbocycles. The number of rotatable bonds is 3. The van der Waals surface area contributed by atoms with E-state index >= 15 is 0 Å². The predicted octanol–water partition coefficient (Wildman–Crippen LogP) is 3.43. The molecule has 2 rings (SSSR count). The molecule has 18 heavy (non-hydrogen) atoms. The van der Waals surface area contributed by atoms with Crippen LogP contribution in [0.3, 0.4) is 0 Å². The molecule has 2 fully saturated rings. The average Bonchev–Trinajstić information content (AvgIpc) is 2.78. The molecule has 1 heterocycles. The van der Waals surface area contributed by atoms with Crippen LogP contribution in [0.4, 0.5) is 13.2 Å². The van der Waals surface area contributed by atoms with Gasteiger partial charge in [0.25, 0.3) is 0 Å². The lowest BCUT2D eigenvalue weighted by Gasteiger charge is -2.38. The highest BCUT2D eigenvalue weighted by Gasteiger charge is 2.46. The SMILES string of the molecule is OC1(CCC2CCCO2)CCCC(C(F)(F)F)C1. The number of hydrogen-bond acceptors (Lipinski definition) is 2. The van der Waals surface area contributed by atoms with Gasteiger partial charge in [-0.15, -0.1) is 0 Å². The lowest BCUT2D eigenvalue weighted by Crippen LogP contribution is -2.40. The molecule has 2 nitrogen and oxygen atoms in total. The quantitative estimate of drug-likeness (QED) is 0.848. The Labute approximate surface area is 106 Å². The minimum Gasteiger partial charge on any atom is -0.390 e. The molecule has 0 aromatic carbocycles. The minimum absolute atomic E-state index is 0.136. The van der Waals surface area contributed by atoms with Gasteiger partial charge in [-0.05, 0) is 51.4 Å². The van der Waals surface area contributed by atoms with Crippen LogP contribution in [0, 0.1) is 5.92 Å². The largest absolute Gasteiger partial charge is 0.391 e. The maximum Gasteiger partial charge on any atom is 0.391 e. The van der Waals surface area contributed by atoms with E-state index in [0.29, 0.717) is 25.7 Å². The molecular weight excluding hydrogens is 245 g/mol. The Morgan fingerprint density at radius 3 is 2.61 bits per heavy atom. The van der Waals surface area contributed by atoms with Crippen LogP contribution in [-0.2, 0) is 4.74 Å². The van der Waals surface area contributed by atoms with Gasteiger partial charge in [-0.2, -0.15) is 13.2 Å². The third-order valence-electron chi connectivity index (χ3n) is 4.24. The fourth-order valence-electron chi connectivity index (χ4n) is 3.15.